The third-order valence-corrected chi connectivity index (χ3v) is 3.37. The Labute approximate surface area is 145 Å². The van der Waals surface area contributed by atoms with Crippen LogP contribution in [0.15, 0.2) is 36.5 Å². The van der Waals surface area contributed by atoms with Crippen LogP contribution in [0.1, 0.15) is 41.6 Å². The minimum Gasteiger partial charge on any atom is -0.454 e. The van der Waals surface area contributed by atoms with E-state index >= 15 is 0 Å². The maximum atomic E-state index is 12.4. The molecule has 1 aliphatic rings. The monoisotopic (exact) mass is 341 g/mol. The minimum absolute atomic E-state index is 0.170. The first-order valence-corrected chi connectivity index (χ1v) is 7.81. The Morgan fingerprint density at radius 1 is 1.04 bits per heavy atom. The van der Waals surface area contributed by atoms with Crippen LogP contribution in [0.3, 0.4) is 0 Å². The molecule has 0 fully saturated rings. The fraction of sp³-hybridized carbons (Fsp3) is 0.278. The topological polar surface area (TPSA) is 89.6 Å². The summed E-state index contributed by atoms with van der Waals surface area (Å²) in [6, 6.07) is 8.15. The van der Waals surface area contributed by atoms with Gasteiger partial charge in [0.2, 0.25) is 6.79 Å². The molecule has 0 spiro atoms. The van der Waals surface area contributed by atoms with Crippen LogP contribution in [0, 0.1) is 0 Å². The number of hydrogen-bond donors (Lipinski definition) is 2. The quantitative estimate of drug-likeness (QED) is 0.896. The van der Waals surface area contributed by atoms with Gasteiger partial charge in [0.25, 0.3) is 11.8 Å². The molecule has 7 heteroatoms. The molecule has 130 valence electrons. The summed E-state index contributed by atoms with van der Waals surface area (Å²) in [7, 11) is 0. The van der Waals surface area contributed by atoms with Crippen molar-refractivity contribution >= 4 is 17.5 Å². The molecule has 2 heterocycles. The van der Waals surface area contributed by atoms with Gasteiger partial charge >= 0.3 is 0 Å². The summed E-state index contributed by atoms with van der Waals surface area (Å²) in [6.45, 7) is 5.80. The number of aromatic nitrogens is 1. The number of amides is 2. The molecule has 1 aromatic heterocycles. The Hall–Kier alpha value is -3.09. The number of hydrogen-bond acceptors (Lipinski definition) is 5. The van der Waals surface area contributed by atoms with E-state index in [1.54, 1.807) is 24.3 Å². The predicted octanol–water partition coefficient (Wildman–Crippen LogP) is 2.59. The lowest BCUT2D eigenvalue weighted by Crippen LogP contribution is -2.41. The Morgan fingerprint density at radius 2 is 1.80 bits per heavy atom. The smallest absolute Gasteiger partial charge is 0.270 e. The maximum absolute atomic E-state index is 12.4. The summed E-state index contributed by atoms with van der Waals surface area (Å²) in [5.41, 5.74) is 0.718. The van der Waals surface area contributed by atoms with E-state index in [2.05, 4.69) is 15.6 Å². The van der Waals surface area contributed by atoms with E-state index in [1.807, 2.05) is 20.8 Å². The van der Waals surface area contributed by atoms with Crippen LogP contribution in [-0.2, 0) is 0 Å². The molecule has 0 saturated carbocycles. The van der Waals surface area contributed by atoms with Crippen molar-refractivity contribution in [2.45, 2.75) is 26.3 Å². The molecule has 25 heavy (non-hydrogen) atoms. The van der Waals surface area contributed by atoms with Crippen LogP contribution in [-0.4, -0.2) is 29.1 Å². The molecule has 0 saturated heterocycles. The van der Waals surface area contributed by atoms with Gasteiger partial charge in [0.1, 0.15) is 5.69 Å². The van der Waals surface area contributed by atoms with Gasteiger partial charge in [0, 0.05) is 29.1 Å². The molecule has 2 N–H and O–H groups in total. The summed E-state index contributed by atoms with van der Waals surface area (Å²) in [6.07, 6.45) is 1.44. The van der Waals surface area contributed by atoms with Crippen LogP contribution >= 0.6 is 0 Å². The predicted molar refractivity (Wildman–Crippen MR) is 92.0 cm³/mol. The number of ether oxygens (including phenoxy) is 2. The van der Waals surface area contributed by atoms with E-state index in [4.69, 9.17) is 9.47 Å². The van der Waals surface area contributed by atoms with Crippen LogP contribution in [0.2, 0.25) is 0 Å². The van der Waals surface area contributed by atoms with Crippen LogP contribution in [0.25, 0.3) is 0 Å². The highest BCUT2D eigenvalue weighted by molar-refractivity contribution is 6.05. The van der Waals surface area contributed by atoms with E-state index < -0.39 is 0 Å². The lowest BCUT2D eigenvalue weighted by Gasteiger charge is -2.20. The number of pyridine rings is 1. The van der Waals surface area contributed by atoms with Crippen LogP contribution in [0.4, 0.5) is 5.69 Å². The van der Waals surface area contributed by atoms with E-state index in [0.717, 1.165) is 0 Å². The van der Waals surface area contributed by atoms with Gasteiger partial charge in [0.15, 0.2) is 11.5 Å². The third kappa shape index (κ3) is 4.06. The lowest BCUT2D eigenvalue weighted by molar-refractivity contribution is 0.0914. The largest absolute Gasteiger partial charge is 0.454 e. The first kappa shape index (κ1) is 16.8. The summed E-state index contributed by atoms with van der Waals surface area (Å²) in [4.78, 5) is 28.6. The highest BCUT2D eigenvalue weighted by Crippen LogP contribution is 2.34. The number of benzene rings is 1. The lowest BCUT2D eigenvalue weighted by atomic mass is 10.1. The highest BCUT2D eigenvalue weighted by Gasteiger charge is 2.18. The molecule has 2 amide bonds. The van der Waals surface area contributed by atoms with E-state index in [-0.39, 0.29) is 29.8 Å². The van der Waals surface area contributed by atoms with Gasteiger partial charge in [-0.1, -0.05) is 0 Å². The summed E-state index contributed by atoms with van der Waals surface area (Å²) < 4.78 is 10.5. The number of nitrogens with zero attached hydrogens (tertiary/aromatic N) is 1. The number of rotatable bonds is 3. The summed E-state index contributed by atoms with van der Waals surface area (Å²) in [5, 5.41) is 5.58. The molecular weight excluding hydrogens is 322 g/mol. The molecular formula is C18H19N3O4. The van der Waals surface area contributed by atoms with E-state index in [1.165, 1.54) is 12.3 Å². The van der Waals surface area contributed by atoms with Crippen molar-refractivity contribution in [1.29, 1.82) is 0 Å². The van der Waals surface area contributed by atoms with Gasteiger partial charge in [-0.25, -0.2) is 0 Å². The third-order valence-electron chi connectivity index (χ3n) is 3.37. The van der Waals surface area contributed by atoms with Crippen molar-refractivity contribution in [3.63, 3.8) is 0 Å². The fourth-order valence-electron chi connectivity index (χ4n) is 2.28. The molecule has 0 radical (unpaired) electrons. The van der Waals surface area contributed by atoms with E-state index in [0.29, 0.717) is 22.7 Å². The van der Waals surface area contributed by atoms with Crippen LogP contribution < -0.4 is 20.1 Å². The number of anilines is 1. The Bertz CT molecular complexity index is 827. The van der Waals surface area contributed by atoms with Gasteiger partial charge in [-0.3, -0.25) is 14.6 Å². The zero-order valence-electron chi connectivity index (χ0n) is 14.3. The highest BCUT2D eigenvalue weighted by atomic mass is 16.7. The second-order valence-corrected chi connectivity index (χ2v) is 6.66. The Kier molecular flexibility index (Phi) is 4.31. The zero-order valence-corrected chi connectivity index (χ0v) is 14.3. The summed E-state index contributed by atoms with van der Waals surface area (Å²) >= 11 is 0. The zero-order chi connectivity index (χ0) is 18.0. The molecule has 0 bridgehead atoms. The number of nitrogens with one attached hydrogen (secondary N) is 2. The second kappa shape index (κ2) is 6.43. The second-order valence-electron chi connectivity index (χ2n) is 6.66. The standard InChI is InChI=1S/C18H19N3O4/c1-18(2,3)21-17(23)13-8-11(6-7-19-13)16(22)20-12-4-5-14-15(9-12)25-10-24-14/h4-9H,10H2,1-3H3,(H,20,22)(H,21,23). The average Bonchev–Trinajstić information content (AvgIpc) is 3.01. The van der Waals surface area contributed by atoms with Gasteiger partial charge in [-0.2, -0.15) is 0 Å². The molecule has 3 rings (SSSR count). The van der Waals surface area contributed by atoms with Crippen molar-refractivity contribution in [1.82, 2.24) is 10.3 Å². The normalized spacial score (nSPS) is 12.6. The minimum atomic E-state index is -0.385. The van der Waals surface area contributed by atoms with Crippen molar-refractivity contribution in [3.05, 3.63) is 47.8 Å². The SMILES string of the molecule is CC(C)(C)NC(=O)c1cc(C(=O)Nc2ccc3c(c2)OCO3)ccn1. The average molecular weight is 341 g/mol. The molecule has 0 unspecified atom stereocenters. The fourth-order valence-corrected chi connectivity index (χ4v) is 2.28. The Balaban J connectivity index is 1.74. The molecule has 7 nitrogen and oxygen atoms in total. The molecule has 1 aliphatic heterocycles. The van der Waals surface area contributed by atoms with Crippen molar-refractivity contribution in [2.24, 2.45) is 0 Å². The van der Waals surface area contributed by atoms with Crippen LogP contribution in [0.5, 0.6) is 11.5 Å². The molecule has 0 aliphatic carbocycles. The van der Waals surface area contributed by atoms with Crippen molar-refractivity contribution < 1.29 is 19.1 Å². The first-order chi connectivity index (χ1) is 11.8. The number of carbonyl (C=O) groups is 2. The van der Waals surface area contributed by atoms with Gasteiger partial charge < -0.3 is 20.1 Å². The molecule has 1 aromatic carbocycles. The van der Waals surface area contributed by atoms with Gasteiger partial charge in [0.05, 0.1) is 0 Å². The molecule has 0 atom stereocenters. The Morgan fingerprint density at radius 3 is 2.56 bits per heavy atom. The molecule has 2 aromatic rings. The number of fused-ring (bicyclic) bond motifs is 1. The van der Waals surface area contributed by atoms with Gasteiger partial charge in [-0.05, 0) is 45.0 Å². The number of carbonyl (C=O) groups excluding carboxylic acids is 2. The van der Waals surface area contributed by atoms with Gasteiger partial charge in [-0.15, -0.1) is 0 Å². The summed E-state index contributed by atoms with van der Waals surface area (Å²) in [5.74, 6) is 0.553. The first-order valence-electron chi connectivity index (χ1n) is 7.81. The van der Waals surface area contributed by atoms with Crippen molar-refractivity contribution in [2.75, 3.05) is 12.1 Å². The van der Waals surface area contributed by atoms with Crippen molar-refractivity contribution in [3.8, 4) is 11.5 Å². The maximum Gasteiger partial charge on any atom is 0.270 e. The van der Waals surface area contributed by atoms with E-state index in [9.17, 15) is 9.59 Å².